The van der Waals surface area contributed by atoms with Gasteiger partial charge in [0.2, 0.25) is 5.91 Å². The first-order chi connectivity index (χ1) is 9.93. The van der Waals surface area contributed by atoms with Crippen molar-refractivity contribution < 1.29 is 19.1 Å². The molecule has 1 amide bonds. The summed E-state index contributed by atoms with van der Waals surface area (Å²) in [5.74, 6) is -1.37. The Morgan fingerprint density at radius 1 is 1.24 bits per heavy atom. The van der Waals surface area contributed by atoms with Crippen LogP contribution in [0.5, 0.6) is 0 Å². The second-order valence-corrected chi connectivity index (χ2v) is 5.85. The minimum absolute atomic E-state index is 0.0417. The predicted molar refractivity (Wildman–Crippen MR) is 76.0 cm³/mol. The van der Waals surface area contributed by atoms with Crippen LogP contribution in [0.4, 0.5) is 4.39 Å². The normalized spacial score (nSPS) is 16.7. The largest absolute Gasteiger partial charge is 0.481 e. The Labute approximate surface area is 123 Å². The van der Waals surface area contributed by atoms with Crippen LogP contribution >= 0.6 is 0 Å². The fourth-order valence-electron chi connectivity index (χ4n) is 2.89. The fraction of sp³-hybridized carbons (Fsp3) is 0.500. The molecule has 0 atom stereocenters. The van der Waals surface area contributed by atoms with Crippen molar-refractivity contribution in [2.24, 2.45) is 5.41 Å². The summed E-state index contributed by atoms with van der Waals surface area (Å²) in [5.41, 5.74) is -0.0724. The Hall–Kier alpha value is -1.91. The lowest BCUT2D eigenvalue weighted by Crippen LogP contribution is -2.36. The number of halogens is 1. The van der Waals surface area contributed by atoms with Crippen LogP contribution in [-0.2, 0) is 16.1 Å². The number of hydrogen-bond donors (Lipinski definition) is 1. The molecule has 0 unspecified atom stereocenters. The van der Waals surface area contributed by atoms with Gasteiger partial charge in [-0.15, -0.1) is 0 Å². The molecule has 114 valence electrons. The molecule has 1 N–H and O–H groups in total. The van der Waals surface area contributed by atoms with Gasteiger partial charge in [-0.05, 0) is 30.5 Å². The van der Waals surface area contributed by atoms with Crippen LogP contribution in [0.3, 0.4) is 0 Å². The van der Waals surface area contributed by atoms with Gasteiger partial charge in [-0.2, -0.15) is 0 Å². The predicted octanol–water partition coefficient (Wildman–Crippen LogP) is 2.82. The molecule has 5 heteroatoms. The molecule has 1 saturated carbocycles. The molecule has 21 heavy (non-hydrogen) atoms. The molecule has 0 heterocycles. The first-order valence-corrected chi connectivity index (χ1v) is 7.15. The van der Waals surface area contributed by atoms with Crippen LogP contribution in [0.1, 0.15) is 37.7 Å². The third kappa shape index (κ3) is 3.60. The van der Waals surface area contributed by atoms with Crippen LogP contribution in [0.25, 0.3) is 0 Å². The molecule has 2 rings (SSSR count). The van der Waals surface area contributed by atoms with E-state index in [1.165, 1.54) is 17.0 Å². The number of carboxylic acid groups (broad SMARTS) is 1. The molecule has 1 fully saturated rings. The zero-order valence-corrected chi connectivity index (χ0v) is 12.1. The summed E-state index contributed by atoms with van der Waals surface area (Å²) >= 11 is 0. The number of hydrogen-bond acceptors (Lipinski definition) is 2. The summed E-state index contributed by atoms with van der Waals surface area (Å²) in [6.07, 6.45) is 2.90. The highest BCUT2D eigenvalue weighted by Crippen LogP contribution is 2.41. The molecule has 1 aromatic rings. The van der Waals surface area contributed by atoms with E-state index < -0.39 is 11.4 Å². The van der Waals surface area contributed by atoms with Crippen LogP contribution < -0.4 is 0 Å². The molecule has 0 spiro atoms. The van der Waals surface area contributed by atoms with E-state index in [9.17, 15) is 19.1 Å². The Bertz CT molecular complexity index is 521. The maximum atomic E-state index is 12.8. The quantitative estimate of drug-likeness (QED) is 0.908. The van der Waals surface area contributed by atoms with Gasteiger partial charge in [0.15, 0.2) is 0 Å². The maximum absolute atomic E-state index is 12.8. The van der Waals surface area contributed by atoms with E-state index in [-0.39, 0.29) is 18.1 Å². The molecular formula is C16H20FNO3. The van der Waals surface area contributed by atoms with E-state index in [0.717, 1.165) is 18.4 Å². The SMILES string of the molecule is CN(Cc1ccc(F)cc1)C(=O)CC1(C(=O)O)CCCC1. The highest BCUT2D eigenvalue weighted by Gasteiger charge is 2.43. The summed E-state index contributed by atoms with van der Waals surface area (Å²) in [6, 6.07) is 5.95. The van der Waals surface area contributed by atoms with E-state index in [0.29, 0.717) is 19.4 Å². The number of aliphatic carboxylic acids is 1. The third-order valence-corrected chi connectivity index (χ3v) is 4.26. The van der Waals surface area contributed by atoms with Crippen molar-refractivity contribution >= 4 is 11.9 Å². The molecule has 0 saturated heterocycles. The smallest absolute Gasteiger partial charge is 0.310 e. The van der Waals surface area contributed by atoms with Crippen LogP contribution in [-0.4, -0.2) is 28.9 Å². The minimum atomic E-state index is -0.895. The lowest BCUT2D eigenvalue weighted by atomic mass is 9.82. The summed E-state index contributed by atoms with van der Waals surface area (Å²) in [6.45, 7) is 0.356. The van der Waals surface area contributed by atoms with Gasteiger partial charge >= 0.3 is 5.97 Å². The van der Waals surface area contributed by atoms with Crippen LogP contribution in [0.2, 0.25) is 0 Å². The lowest BCUT2D eigenvalue weighted by molar-refractivity contribution is -0.153. The maximum Gasteiger partial charge on any atom is 0.310 e. The number of nitrogens with zero attached hydrogens (tertiary/aromatic N) is 1. The zero-order chi connectivity index (χ0) is 15.5. The number of rotatable bonds is 5. The number of amides is 1. The van der Waals surface area contributed by atoms with E-state index in [1.54, 1.807) is 19.2 Å². The Kier molecular flexibility index (Phi) is 4.60. The van der Waals surface area contributed by atoms with E-state index in [2.05, 4.69) is 0 Å². The van der Waals surface area contributed by atoms with E-state index in [1.807, 2.05) is 0 Å². The summed E-state index contributed by atoms with van der Waals surface area (Å²) in [4.78, 5) is 25.2. The van der Waals surface area contributed by atoms with Crippen molar-refractivity contribution in [3.05, 3.63) is 35.6 Å². The van der Waals surface area contributed by atoms with Crippen molar-refractivity contribution in [2.45, 2.75) is 38.6 Å². The molecule has 0 radical (unpaired) electrons. The average Bonchev–Trinajstić information content (AvgIpc) is 2.91. The minimum Gasteiger partial charge on any atom is -0.481 e. The monoisotopic (exact) mass is 293 g/mol. The van der Waals surface area contributed by atoms with Crippen LogP contribution in [0, 0.1) is 11.2 Å². The van der Waals surface area contributed by atoms with Crippen molar-refractivity contribution in [2.75, 3.05) is 7.05 Å². The molecule has 1 aliphatic carbocycles. The molecule has 4 nitrogen and oxygen atoms in total. The lowest BCUT2D eigenvalue weighted by Gasteiger charge is -2.26. The number of carbonyl (C=O) groups excluding carboxylic acids is 1. The summed E-state index contributed by atoms with van der Waals surface area (Å²) in [7, 11) is 1.65. The Morgan fingerprint density at radius 3 is 2.33 bits per heavy atom. The second-order valence-electron chi connectivity index (χ2n) is 5.85. The van der Waals surface area contributed by atoms with Crippen LogP contribution in [0.15, 0.2) is 24.3 Å². The van der Waals surface area contributed by atoms with Gasteiger partial charge < -0.3 is 10.0 Å². The van der Waals surface area contributed by atoms with Crippen molar-refractivity contribution in [1.29, 1.82) is 0 Å². The number of benzene rings is 1. The molecule has 1 aliphatic rings. The van der Waals surface area contributed by atoms with Crippen molar-refractivity contribution in [3.63, 3.8) is 0 Å². The zero-order valence-electron chi connectivity index (χ0n) is 12.1. The number of carbonyl (C=O) groups is 2. The molecule has 0 aliphatic heterocycles. The highest BCUT2D eigenvalue weighted by molar-refractivity contribution is 5.85. The van der Waals surface area contributed by atoms with Gasteiger partial charge in [0.05, 0.1) is 5.41 Å². The van der Waals surface area contributed by atoms with Gasteiger partial charge in [-0.3, -0.25) is 9.59 Å². The van der Waals surface area contributed by atoms with Gasteiger partial charge in [0, 0.05) is 20.0 Å². The number of carboxylic acids is 1. The average molecular weight is 293 g/mol. The van der Waals surface area contributed by atoms with Gasteiger partial charge in [-0.1, -0.05) is 25.0 Å². The van der Waals surface area contributed by atoms with Gasteiger partial charge in [0.25, 0.3) is 0 Å². The molecular weight excluding hydrogens is 273 g/mol. The molecule has 1 aromatic carbocycles. The van der Waals surface area contributed by atoms with Crippen molar-refractivity contribution in [3.8, 4) is 0 Å². The standard InChI is InChI=1S/C16H20FNO3/c1-18(11-12-4-6-13(17)7-5-12)14(19)10-16(15(20)21)8-2-3-9-16/h4-7H,2-3,8-11H2,1H3,(H,20,21). The molecule has 0 bridgehead atoms. The van der Waals surface area contributed by atoms with Gasteiger partial charge in [0.1, 0.15) is 5.82 Å². The second kappa shape index (κ2) is 6.24. The molecule has 0 aromatic heterocycles. The van der Waals surface area contributed by atoms with E-state index >= 15 is 0 Å². The van der Waals surface area contributed by atoms with E-state index in [4.69, 9.17) is 0 Å². The highest BCUT2D eigenvalue weighted by atomic mass is 19.1. The fourth-order valence-corrected chi connectivity index (χ4v) is 2.89. The Balaban J connectivity index is 1.99. The Morgan fingerprint density at radius 2 is 1.81 bits per heavy atom. The third-order valence-electron chi connectivity index (χ3n) is 4.26. The first kappa shape index (κ1) is 15.5. The summed E-state index contributed by atoms with van der Waals surface area (Å²) < 4.78 is 12.8. The van der Waals surface area contributed by atoms with Crippen molar-refractivity contribution in [1.82, 2.24) is 4.90 Å². The topological polar surface area (TPSA) is 57.6 Å². The summed E-state index contributed by atoms with van der Waals surface area (Å²) in [5, 5.41) is 9.40. The first-order valence-electron chi connectivity index (χ1n) is 7.15. The van der Waals surface area contributed by atoms with Gasteiger partial charge in [-0.25, -0.2) is 4.39 Å².